The molecule has 2 saturated heterocycles. The molecular formula is C31H31N7O2. The highest BCUT2D eigenvalue weighted by Crippen LogP contribution is 2.39. The van der Waals surface area contributed by atoms with E-state index in [-0.39, 0.29) is 11.8 Å². The van der Waals surface area contributed by atoms with Gasteiger partial charge in [-0.05, 0) is 49.4 Å². The van der Waals surface area contributed by atoms with Crippen molar-refractivity contribution in [3.63, 3.8) is 0 Å². The van der Waals surface area contributed by atoms with Crippen LogP contribution in [-0.4, -0.2) is 52.4 Å². The monoisotopic (exact) mass is 533 g/mol. The van der Waals surface area contributed by atoms with Crippen LogP contribution in [0.4, 0.5) is 5.82 Å². The van der Waals surface area contributed by atoms with E-state index in [0.717, 1.165) is 58.7 Å². The van der Waals surface area contributed by atoms with Crippen molar-refractivity contribution in [2.24, 2.45) is 0 Å². The number of hydrogen-bond acceptors (Lipinski definition) is 6. The van der Waals surface area contributed by atoms with Crippen molar-refractivity contribution < 1.29 is 9.90 Å². The van der Waals surface area contributed by atoms with Crippen molar-refractivity contribution in [2.45, 2.75) is 50.2 Å². The second-order valence-corrected chi connectivity index (χ2v) is 11.0. The quantitative estimate of drug-likeness (QED) is 0.348. The van der Waals surface area contributed by atoms with Gasteiger partial charge in [-0.1, -0.05) is 36.4 Å². The number of nitrogen functional groups attached to an aromatic ring is 1. The Bertz CT molecular complexity index is 1710. The van der Waals surface area contributed by atoms with Crippen LogP contribution in [0.15, 0.2) is 79.6 Å². The number of hydrogen-bond donors (Lipinski definition) is 2. The standard InChI is InChI=1S/C31H31N7O2/c1-31(40,23-3-2-4-25(17-23)36-15-13-33-19-36)22-8-5-20(6-9-22)27-28-29(32)34-14-16-37(28)30(35-27)21-7-10-24-11-12-26(39)38(24)18-21/h2-6,8-9,13-17,19,21,24,40H,7,10-12,18H2,1H3,(H2,32,34)/t21-,24+,31+/m1/s1. The number of benzene rings is 2. The number of aliphatic hydroxyl groups is 1. The lowest BCUT2D eigenvalue weighted by atomic mass is 9.87. The molecule has 7 rings (SSSR count). The molecule has 2 aliphatic rings. The molecule has 2 fully saturated rings. The topological polar surface area (TPSA) is 115 Å². The van der Waals surface area contributed by atoms with Crippen LogP contribution in [-0.2, 0) is 10.4 Å². The lowest BCUT2D eigenvalue weighted by Crippen LogP contribution is -2.41. The Balaban J connectivity index is 1.23. The fourth-order valence-electron chi connectivity index (χ4n) is 6.35. The molecule has 2 aliphatic heterocycles. The SMILES string of the molecule is C[C@](O)(c1ccc(-c2nc([C@@H]3CC[C@H]4CCC(=O)N4C3)n3ccnc(N)c23)cc1)c1cccc(-n2ccnc2)c1. The number of amides is 1. The molecule has 2 aromatic carbocycles. The Morgan fingerprint density at radius 3 is 2.67 bits per heavy atom. The van der Waals surface area contributed by atoms with Crippen molar-refractivity contribution in [1.29, 1.82) is 0 Å². The van der Waals surface area contributed by atoms with Crippen molar-refractivity contribution in [3.8, 4) is 16.9 Å². The molecule has 202 valence electrons. The van der Waals surface area contributed by atoms with E-state index in [1.165, 1.54) is 0 Å². The molecule has 3 aromatic heterocycles. The summed E-state index contributed by atoms with van der Waals surface area (Å²) in [5, 5.41) is 11.6. The van der Waals surface area contributed by atoms with Gasteiger partial charge in [-0.2, -0.15) is 0 Å². The minimum atomic E-state index is -1.21. The smallest absolute Gasteiger partial charge is 0.222 e. The Hall–Kier alpha value is -4.50. The minimum absolute atomic E-state index is 0.129. The molecule has 5 heterocycles. The van der Waals surface area contributed by atoms with Crippen molar-refractivity contribution in [1.82, 2.24) is 28.8 Å². The van der Waals surface area contributed by atoms with Gasteiger partial charge in [-0.15, -0.1) is 0 Å². The van der Waals surface area contributed by atoms with E-state index in [1.54, 1.807) is 25.6 Å². The van der Waals surface area contributed by atoms with E-state index in [2.05, 4.69) is 9.97 Å². The summed E-state index contributed by atoms with van der Waals surface area (Å²) in [6.45, 7) is 2.49. The number of aromatic nitrogens is 5. The maximum absolute atomic E-state index is 12.5. The van der Waals surface area contributed by atoms with Crippen LogP contribution >= 0.6 is 0 Å². The maximum Gasteiger partial charge on any atom is 0.222 e. The summed E-state index contributed by atoms with van der Waals surface area (Å²) < 4.78 is 3.95. The largest absolute Gasteiger partial charge is 0.382 e. The van der Waals surface area contributed by atoms with Crippen LogP contribution in [0, 0.1) is 0 Å². The zero-order chi connectivity index (χ0) is 27.4. The molecule has 1 amide bonds. The van der Waals surface area contributed by atoms with Gasteiger partial charge in [-0.3, -0.25) is 9.20 Å². The number of rotatable bonds is 5. The molecule has 0 aliphatic carbocycles. The van der Waals surface area contributed by atoms with Crippen LogP contribution in [0.1, 0.15) is 55.5 Å². The van der Waals surface area contributed by atoms with Crippen molar-refractivity contribution in [3.05, 3.63) is 96.6 Å². The summed E-state index contributed by atoms with van der Waals surface area (Å²) in [5.41, 5.74) is 10.1. The summed E-state index contributed by atoms with van der Waals surface area (Å²) in [6.07, 6.45) is 12.5. The zero-order valence-electron chi connectivity index (χ0n) is 22.3. The number of carbonyl (C=O) groups excluding carboxylic acids is 1. The summed E-state index contributed by atoms with van der Waals surface area (Å²) in [6, 6.07) is 16.0. The summed E-state index contributed by atoms with van der Waals surface area (Å²) >= 11 is 0. The van der Waals surface area contributed by atoms with Gasteiger partial charge in [0, 0.05) is 61.0 Å². The lowest BCUT2D eigenvalue weighted by molar-refractivity contribution is -0.130. The fraction of sp³-hybridized carbons (Fsp3) is 0.290. The molecular weight excluding hydrogens is 502 g/mol. The van der Waals surface area contributed by atoms with E-state index >= 15 is 0 Å². The molecule has 40 heavy (non-hydrogen) atoms. The van der Waals surface area contributed by atoms with Gasteiger partial charge in [0.25, 0.3) is 0 Å². The van der Waals surface area contributed by atoms with Crippen LogP contribution in [0.3, 0.4) is 0 Å². The van der Waals surface area contributed by atoms with Crippen LogP contribution < -0.4 is 5.73 Å². The molecule has 3 N–H and O–H groups in total. The third-order valence-electron chi connectivity index (χ3n) is 8.62. The number of carbonyl (C=O) groups is 1. The number of anilines is 1. The van der Waals surface area contributed by atoms with Crippen LogP contribution in [0.2, 0.25) is 0 Å². The van der Waals surface area contributed by atoms with Gasteiger partial charge in [-0.25, -0.2) is 15.0 Å². The Morgan fingerprint density at radius 2 is 1.88 bits per heavy atom. The number of fused-ring (bicyclic) bond motifs is 2. The summed E-state index contributed by atoms with van der Waals surface area (Å²) in [5.74, 6) is 1.69. The van der Waals surface area contributed by atoms with Gasteiger partial charge in [0.2, 0.25) is 5.91 Å². The second kappa shape index (κ2) is 9.31. The average Bonchev–Trinajstić information content (AvgIpc) is 3.73. The first-order valence-corrected chi connectivity index (χ1v) is 13.7. The normalized spacial score (nSPS) is 20.6. The number of piperidine rings is 1. The van der Waals surface area contributed by atoms with Gasteiger partial charge < -0.3 is 20.3 Å². The minimum Gasteiger partial charge on any atom is -0.382 e. The highest BCUT2D eigenvalue weighted by atomic mass is 16.3. The third kappa shape index (κ3) is 3.96. The van der Waals surface area contributed by atoms with E-state index in [9.17, 15) is 9.90 Å². The van der Waals surface area contributed by atoms with E-state index in [0.29, 0.717) is 24.8 Å². The van der Waals surface area contributed by atoms with Crippen LogP contribution in [0.5, 0.6) is 0 Å². The molecule has 0 saturated carbocycles. The Labute approximate surface area is 231 Å². The van der Waals surface area contributed by atoms with Gasteiger partial charge in [0.05, 0.1) is 6.33 Å². The van der Waals surface area contributed by atoms with Crippen LogP contribution in [0.25, 0.3) is 22.5 Å². The molecule has 9 heteroatoms. The Morgan fingerprint density at radius 1 is 1.02 bits per heavy atom. The molecule has 3 atom stereocenters. The lowest BCUT2D eigenvalue weighted by Gasteiger charge is -2.34. The fourth-order valence-corrected chi connectivity index (χ4v) is 6.35. The van der Waals surface area contributed by atoms with E-state index < -0.39 is 5.60 Å². The first-order chi connectivity index (χ1) is 19.4. The molecule has 0 bridgehead atoms. The van der Waals surface area contributed by atoms with E-state index in [1.807, 2.05) is 74.8 Å². The van der Waals surface area contributed by atoms with Gasteiger partial charge >= 0.3 is 0 Å². The number of nitrogens with zero attached hydrogens (tertiary/aromatic N) is 6. The highest BCUT2D eigenvalue weighted by molar-refractivity contribution is 5.85. The van der Waals surface area contributed by atoms with Crippen molar-refractivity contribution in [2.75, 3.05) is 12.3 Å². The third-order valence-corrected chi connectivity index (χ3v) is 8.62. The average molecular weight is 534 g/mol. The number of nitrogens with two attached hydrogens (primary N) is 1. The predicted octanol–water partition coefficient (Wildman–Crippen LogP) is 4.29. The first-order valence-electron chi connectivity index (χ1n) is 13.7. The van der Waals surface area contributed by atoms with Crippen molar-refractivity contribution >= 4 is 17.2 Å². The van der Waals surface area contributed by atoms with E-state index in [4.69, 9.17) is 10.7 Å². The van der Waals surface area contributed by atoms with Gasteiger partial charge in [0.15, 0.2) is 0 Å². The second-order valence-electron chi connectivity index (χ2n) is 11.0. The summed E-state index contributed by atoms with van der Waals surface area (Å²) in [7, 11) is 0. The summed E-state index contributed by atoms with van der Waals surface area (Å²) in [4.78, 5) is 28.1. The predicted molar refractivity (Wildman–Crippen MR) is 152 cm³/mol. The first kappa shape index (κ1) is 24.5. The van der Waals surface area contributed by atoms with Gasteiger partial charge in [0.1, 0.15) is 28.5 Å². The molecule has 0 radical (unpaired) electrons. The highest BCUT2D eigenvalue weighted by Gasteiger charge is 2.38. The zero-order valence-corrected chi connectivity index (χ0v) is 22.3. The molecule has 0 spiro atoms. The molecule has 0 unspecified atom stereocenters. The maximum atomic E-state index is 12.5. The molecule has 9 nitrogen and oxygen atoms in total. The molecule has 5 aromatic rings. The number of imidazole rings is 2. The Kier molecular flexibility index (Phi) is 5.71.